The van der Waals surface area contributed by atoms with E-state index in [1.165, 1.54) is 16.7 Å². The van der Waals surface area contributed by atoms with E-state index in [-0.39, 0.29) is 0 Å². The van der Waals surface area contributed by atoms with Gasteiger partial charge in [0.15, 0.2) is 0 Å². The summed E-state index contributed by atoms with van der Waals surface area (Å²) in [5, 5.41) is 0. The standard InChI is InChI=1S/C17H18N2S/c1-12-7-8-14(9-13(12)2)10-20-11-17-18-15-5-3-4-6-16(15)19-17/h3-9H,10-11H2,1-2H3,(H,18,19). The van der Waals surface area contributed by atoms with Gasteiger partial charge in [-0.15, -0.1) is 11.8 Å². The van der Waals surface area contributed by atoms with Gasteiger partial charge in [0.1, 0.15) is 5.82 Å². The monoisotopic (exact) mass is 282 g/mol. The predicted molar refractivity (Wildman–Crippen MR) is 87.0 cm³/mol. The number of hydrogen-bond acceptors (Lipinski definition) is 2. The van der Waals surface area contributed by atoms with Crippen LogP contribution in [0.2, 0.25) is 0 Å². The minimum atomic E-state index is 0.918. The third-order valence-corrected chi connectivity index (χ3v) is 4.53. The van der Waals surface area contributed by atoms with E-state index in [2.05, 4.69) is 48.1 Å². The fraction of sp³-hybridized carbons (Fsp3) is 0.235. The molecule has 0 bridgehead atoms. The van der Waals surface area contributed by atoms with Crippen molar-refractivity contribution in [2.45, 2.75) is 25.4 Å². The SMILES string of the molecule is Cc1ccc(CSCc2nc3ccccc3[nH]2)cc1C. The minimum Gasteiger partial charge on any atom is -0.341 e. The highest BCUT2D eigenvalue weighted by Crippen LogP contribution is 2.20. The number of hydrogen-bond donors (Lipinski definition) is 1. The van der Waals surface area contributed by atoms with Gasteiger partial charge in [0.25, 0.3) is 0 Å². The summed E-state index contributed by atoms with van der Waals surface area (Å²) in [5.74, 6) is 3.00. The van der Waals surface area contributed by atoms with Crippen molar-refractivity contribution in [2.75, 3.05) is 0 Å². The van der Waals surface area contributed by atoms with Crippen LogP contribution in [0.25, 0.3) is 11.0 Å². The summed E-state index contributed by atoms with van der Waals surface area (Å²) in [6.07, 6.45) is 0. The molecule has 1 heterocycles. The minimum absolute atomic E-state index is 0.918. The van der Waals surface area contributed by atoms with Crippen LogP contribution < -0.4 is 0 Å². The van der Waals surface area contributed by atoms with E-state index in [9.17, 15) is 0 Å². The van der Waals surface area contributed by atoms with Crippen molar-refractivity contribution in [3.05, 3.63) is 65.0 Å². The van der Waals surface area contributed by atoms with Crippen molar-refractivity contribution in [3.63, 3.8) is 0 Å². The number of fused-ring (bicyclic) bond motifs is 1. The first kappa shape index (κ1) is 13.3. The largest absolute Gasteiger partial charge is 0.341 e. The van der Waals surface area contributed by atoms with E-state index in [4.69, 9.17) is 0 Å². The number of aromatic amines is 1. The lowest BCUT2D eigenvalue weighted by Crippen LogP contribution is -1.88. The normalized spacial score (nSPS) is 11.1. The van der Waals surface area contributed by atoms with Gasteiger partial charge in [-0.3, -0.25) is 0 Å². The Morgan fingerprint density at radius 3 is 2.65 bits per heavy atom. The van der Waals surface area contributed by atoms with E-state index in [1.54, 1.807) is 0 Å². The van der Waals surface area contributed by atoms with Crippen LogP contribution >= 0.6 is 11.8 Å². The quantitative estimate of drug-likeness (QED) is 0.756. The van der Waals surface area contributed by atoms with Crippen molar-refractivity contribution < 1.29 is 0 Å². The van der Waals surface area contributed by atoms with E-state index in [0.29, 0.717) is 0 Å². The lowest BCUT2D eigenvalue weighted by atomic mass is 10.1. The number of imidazole rings is 1. The van der Waals surface area contributed by atoms with Crippen LogP contribution in [0.1, 0.15) is 22.5 Å². The van der Waals surface area contributed by atoms with Gasteiger partial charge in [0.2, 0.25) is 0 Å². The maximum Gasteiger partial charge on any atom is 0.117 e. The van der Waals surface area contributed by atoms with Gasteiger partial charge in [0, 0.05) is 5.75 Å². The molecule has 1 aromatic heterocycles. The molecule has 2 nitrogen and oxygen atoms in total. The predicted octanol–water partition coefficient (Wildman–Crippen LogP) is 4.61. The summed E-state index contributed by atoms with van der Waals surface area (Å²) >= 11 is 1.90. The Kier molecular flexibility index (Phi) is 3.79. The van der Waals surface area contributed by atoms with Crippen LogP contribution in [-0.2, 0) is 11.5 Å². The van der Waals surface area contributed by atoms with Crippen LogP contribution in [0.3, 0.4) is 0 Å². The van der Waals surface area contributed by atoms with Crippen LogP contribution in [-0.4, -0.2) is 9.97 Å². The third-order valence-electron chi connectivity index (χ3n) is 3.52. The molecule has 1 N–H and O–H groups in total. The van der Waals surface area contributed by atoms with Gasteiger partial charge >= 0.3 is 0 Å². The van der Waals surface area contributed by atoms with Gasteiger partial charge in [-0.25, -0.2) is 4.98 Å². The summed E-state index contributed by atoms with van der Waals surface area (Å²) in [6, 6.07) is 14.9. The van der Waals surface area contributed by atoms with Gasteiger partial charge < -0.3 is 4.98 Å². The van der Waals surface area contributed by atoms with Crippen LogP contribution in [0.15, 0.2) is 42.5 Å². The second-order valence-corrected chi connectivity index (χ2v) is 6.10. The fourth-order valence-electron chi connectivity index (χ4n) is 2.23. The summed E-state index contributed by atoms with van der Waals surface area (Å²) in [7, 11) is 0. The molecule has 3 heteroatoms. The lowest BCUT2D eigenvalue weighted by Gasteiger charge is -2.04. The van der Waals surface area contributed by atoms with Gasteiger partial charge in [0.05, 0.1) is 16.8 Å². The number of H-pyrrole nitrogens is 1. The number of benzene rings is 2. The number of aromatic nitrogens is 2. The molecule has 3 rings (SSSR count). The number of nitrogens with zero attached hydrogens (tertiary/aromatic N) is 1. The highest BCUT2D eigenvalue weighted by Gasteiger charge is 2.03. The van der Waals surface area contributed by atoms with Crippen LogP contribution in [0.5, 0.6) is 0 Å². The van der Waals surface area contributed by atoms with Gasteiger partial charge in [-0.05, 0) is 42.7 Å². The van der Waals surface area contributed by atoms with E-state index in [1.807, 2.05) is 30.0 Å². The molecule has 0 amide bonds. The maximum absolute atomic E-state index is 4.60. The number of rotatable bonds is 4. The van der Waals surface area contributed by atoms with Gasteiger partial charge in [-0.2, -0.15) is 0 Å². The molecular formula is C17H18N2S. The van der Waals surface area contributed by atoms with Crippen LogP contribution in [0.4, 0.5) is 0 Å². The Labute approximate surface area is 123 Å². The topological polar surface area (TPSA) is 28.7 Å². The van der Waals surface area contributed by atoms with Crippen molar-refractivity contribution in [3.8, 4) is 0 Å². The van der Waals surface area contributed by atoms with E-state index < -0.39 is 0 Å². The summed E-state index contributed by atoms with van der Waals surface area (Å²) < 4.78 is 0. The van der Waals surface area contributed by atoms with Crippen molar-refractivity contribution in [2.24, 2.45) is 0 Å². The number of para-hydroxylation sites is 2. The molecule has 0 aliphatic carbocycles. The maximum atomic E-state index is 4.60. The molecule has 0 unspecified atom stereocenters. The van der Waals surface area contributed by atoms with E-state index >= 15 is 0 Å². The Bertz CT molecular complexity index is 698. The smallest absolute Gasteiger partial charge is 0.117 e. The summed E-state index contributed by atoms with van der Waals surface area (Å²) in [5.41, 5.74) is 6.28. The molecule has 0 saturated heterocycles. The molecule has 0 fully saturated rings. The van der Waals surface area contributed by atoms with Crippen molar-refractivity contribution in [1.29, 1.82) is 0 Å². The van der Waals surface area contributed by atoms with Gasteiger partial charge in [-0.1, -0.05) is 30.3 Å². The molecule has 0 spiro atoms. The molecule has 3 aromatic rings. The Hall–Kier alpha value is -1.74. The zero-order valence-corrected chi connectivity index (χ0v) is 12.6. The number of nitrogens with one attached hydrogen (secondary N) is 1. The lowest BCUT2D eigenvalue weighted by molar-refractivity contribution is 1.14. The number of thioether (sulfide) groups is 1. The zero-order valence-electron chi connectivity index (χ0n) is 11.8. The first-order valence-corrected chi connectivity index (χ1v) is 7.95. The summed E-state index contributed by atoms with van der Waals surface area (Å²) in [4.78, 5) is 7.97. The molecule has 20 heavy (non-hydrogen) atoms. The highest BCUT2D eigenvalue weighted by atomic mass is 32.2. The Balaban J connectivity index is 1.63. The summed E-state index contributed by atoms with van der Waals surface area (Å²) in [6.45, 7) is 4.32. The highest BCUT2D eigenvalue weighted by molar-refractivity contribution is 7.97. The molecule has 0 aliphatic heterocycles. The molecule has 0 aliphatic rings. The molecule has 0 radical (unpaired) electrons. The first-order valence-electron chi connectivity index (χ1n) is 6.80. The Morgan fingerprint density at radius 1 is 1.00 bits per heavy atom. The third kappa shape index (κ3) is 2.88. The first-order chi connectivity index (χ1) is 9.72. The van der Waals surface area contributed by atoms with Crippen molar-refractivity contribution >= 4 is 22.8 Å². The number of aryl methyl sites for hydroxylation is 2. The average Bonchev–Trinajstić information content (AvgIpc) is 2.85. The molecule has 0 saturated carbocycles. The fourth-order valence-corrected chi connectivity index (χ4v) is 3.08. The van der Waals surface area contributed by atoms with E-state index in [0.717, 1.165) is 28.4 Å². The molecule has 0 atom stereocenters. The zero-order chi connectivity index (χ0) is 13.9. The van der Waals surface area contributed by atoms with Crippen molar-refractivity contribution in [1.82, 2.24) is 9.97 Å². The second-order valence-electron chi connectivity index (χ2n) is 5.11. The molecular weight excluding hydrogens is 264 g/mol. The van der Waals surface area contributed by atoms with Crippen LogP contribution in [0, 0.1) is 13.8 Å². The second kappa shape index (κ2) is 5.71. The Morgan fingerprint density at radius 2 is 1.85 bits per heavy atom. The molecule has 102 valence electrons. The average molecular weight is 282 g/mol. The molecule has 2 aromatic carbocycles.